The first kappa shape index (κ1) is 42.8. The molecule has 0 bridgehead atoms. The van der Waals surface area contributed by atoms with Crippen LogP contribution in [0.3, 0.4) is 0 Å². The number of hydrogen-bond acceptors (Lipinski definition) is 4. The molecule has 8 amide bonds. The summed E-state index contributed by atoms with van der Waals surface area (Å²) in [6.07, 6.45) is 0. The van der Waals surface area contributed by atoms with Crippen molar-refractivity contribution in [3.05, 3.63) is 129 Å². The van der Waals surface area contributed by atoms with Crippen molar-refractivity contribution in [1.29, 1.82) is 0 Å². The first-order valence-corrected chi connectivity index (χ1v) is 20.0. The van der Waals surface area contributed by atoms with Gasteiger partial charge in [0.25, 0.3) is 0 Å². The molecule has 12 nitrogen and oxygen atoms in total. The zero-order chi connectivity index (χ0) is 41.7. The SMILES string of the molecule is CN(C(=O)N(C)c1ccc(N(C)C(=O)N(C)c2ccc(N(C)C(=O)N(C)c3ccc(N(C)C(=O)N(C)c4ccccc4)c(Br)c3)c(Br)c2)c(Br)c1)c1ccccc1. The molecule has 15 heteroatoms. The summed E-state index contributed by atoms with van der Waals surface area (Å²) in [7, 11) is 13.5. The van der Waals surface area contributed by atoms with E-state index in [9.17, 15) is 19.2 Å². The van der Waals surface area contributed by atoms with Gasteiger partial charge in [-0.25, -0.2) is 19.2 Å². The third-order valence-corrected chi connectivity index (χ3v) is 11.5. The Morgan fingerprint density at radius 1 is 0.316 bits per heavy atom. The van der Waals surface area contributed by atoms with E-state index in [1.54, 1.807) is 126 Å². The molecule has 0 heterocycles. The van der Waals surface area contributed by atoms with Crippen LogP contribution in [0.4, 0.5) is 64.7 Å². The molecule has 0 atom stereocenters. The molecule has 0 spiro atoms. The second-order valence-electron chi connectivity index (χ2n) is 13.2. The van der Waals surface area contributed by atoms with Crippen molar-refractivity contribution in [2.75, 3.05) is 95.6 Å². The molecule has 0 N–H and O–H groups in total. The number of amides is 8. The van der Waals surface area contributed by atoms with Gasteiger partial charge in [0.1, 0.15) is 0 Å². The van der Waals surface area contributed by atoms with Gasteiger partial charge in [0.05, 0.1) is 17.1 Å². The topological polar surface area (TPSA) is 94.2 Å². The summed E-state index contributed by atoms with van der Waals surface area (Å²) in [5.41, 5.74) is 5.22. The van der Waals surface area contributed by atoms with Crippen LogP contribution in [0, 0.1) is 0 Å². The van der Waals surface area contributed by atoms with Gasteiger partial charge in [-0.2, -0.15) is 0 Å². The van der Waals surface area contributed by atoms with Crippen LogP contribution in [0.2, 0.25) is 0 Å². The zero-order valence-electron chi connectivity index (χ0n) is 32.8. The maximum Gasteiger partial charge on any atom is 0.328 e. The lowest BCUT2D eigenvalue weighted by atomic mass is 10.2. The molecule has 0 fully saturated rings. The second kappa shape index (κ2) is 18.3. The lowest BCUT2D eigenvalue weighted by Gasteiger charge is -2.29. The number of para-hydroxylation sites is 2. The normalized spacial score (nSPS) is 10.6. The summed E-state index contributed by atoms with van der Waals surface area (Å²) in [6, 6.07) is 33.7. The highest BCUT2D eigenvalue weighted by molar-refractivity contribution is 9.11. The number of rotatable bonds is 8. The van der Waals surface area contributed by atoms with Crippen molar-refractivity contribution < 1.29 is 19.2 Å². The van der Waals surface area contributed by atoms with Gasteiger partial charge in [0.15, 0.2) is 0 Å². The first-order valence-electron chi connectivity index (χ1n) is 17.6. The van der Waals surface area contributed by atoms with Gasteiger partial charge in [-0.15, -0.1) is 0 Å². The van der Waals surface area contributed by atoms with Gasteiger partial charge < -0.3 is 0 Å². The Kier molecular flexibility index (Phi) is 13.7. The summed E-state index contributed by atoms with van der Waals surface area (Å²) < 4.78 is 1.87. The van der Waals surface area contributed by atoms with Crippen LogP contribution in [0.1, 0.15) is 0 Å². The minimum atomic E-state index is -0.312. The third kappa shape index (κ3) is 9.27. The summed E-state index contributed by atoms with van der Waals surface area (Å²) in [5.74, 6) is 0. The molecule has 0 saturated carbocycles. The van der Waals surface area contributed by atoms with Gasteiger partial charge >= 0.3 is 24.1 Å². The van der Waals surface area contributed by atoms with Crippen LogP contribution in [0.5, 0.6) is 0 Å². The van der Waals surface area contributed by atoms with Crippen molar-refractivity contribution in [2.24, 2.45) is 0 Å². The summed E-state index contributed by atoms with van der Waals surface area (Å²) in [5, 5.41) is 0. The molecule has 0 radical (unpaired) electrons. The molecule has 296 valence electrons. The van der Waals surface area contributed by atoms with Crippen molar-refractivity contribution in [1.82, 2.24) is 0 Å². The molecule has 0 aliphatic rings. The van der Waals surface area contributed by atoms with E-state index in [0.717, 1.165) is 11.4 Å². The van der Waals surface area contributed by atoms with E-state index in [1.807, 2.05) is 60.7 Å². The summed E-state index contributed by atoms with van der Waals surface area (Å²) >= 11 is 10.8. The molecule has 57 heavy (non-hydrogen) atoms. The average Bonchev–Trinajstić information content (AvgIpc) is 3.23. The smallest absolute Gasteiger partial charge is 0.297 e. The molecule has 5 aromatic rings. The number of benzene rings is 5. The van der Waals surface area contributed by atoms with Gasteiger partial charge in [0.2, 0.25) is 0 Å². The maximum absolute atomic E-state index is 13.7. The second-order valence-corrected chi connectivity index (χ2v) is 15.7. The molecule has 0 aliphatic heterocycles. The monoisotopic (exact) mass is 960 g/mol. The van der Waals surface area contributed by atoms with Gasteiger partial charge in [0, 0.05) is 98.2 Å². The Bertz CT molecular complexity index is 2280. The molecule has 0 saturated heterocycles. The van der Waals surface area contributed by atoms with Crippen LogP contribution in [-0.4, -0.2) is 80.5 Å². The fourth-order valence-electron chi connectivity index (χ4n) is 5.99. The highest BCUT2D eigenvalue weighted by Crippen LogP contribution is 2.35. The molecule has 5 aromatic carbocycles. The van der Waals surface area contributed by atoms with Gasteiger partial charge in [-0.05, 0) is 127 Å². The largest absolute Gasteiger partial charge is 0.328 e. The van der Waals surface area contributed by atoms with Crippen molar-refractivity contribution in [3.8, 4) is 0 Å². The van der Waals surface area contributed by atoms with E-state index < -0.39 is 0 Å². The number of anilines is 8. The zero-order valence-corrected chi connectivity index (χ0v) is 37.6. The molecule has 5 rings (SSSR count). The lowest BCUT2D eigenvalue weighted by molar-refractivity contribution is 0.252. The number of nitrogens with zero attached hydrogens (tertiary/aromatic N) is 8. The van der Waals surface area contributed by atoms with E-state index in [2.05, 4.69) is 47.8 Å². The Labute approximate surface area is 358 Å². The van der Waals surface area contributed by atoms with E-state index in [1.165, 1.54) is 24.5 Å². The molecule has 0 aromatic heterocycles. The maximum atomic E-state index is 13.7. The molecular formula is C42H43Br3N8O4. The summed E-state index contributed by atoms with van der Waals surface area (Å²) in [6.45, 7) is 0. The number of halogens is 3. The van der Waals surface area contributed by atoms with Gasteiger partial charge in [-0.3, -0.25) is 39.2 Å². The Morgan fingerprint density at radius 3 is 0.789 bits per heavy atom. The number of hydrogen-bond donors (Lipinski definition) is 0. The molecule has 0 unspecified atom stereocenters. The van der Waals surface area contributed by atoms with E-state index in [0.29, 0.717) is 47.5 Å². The third-order valence-electron chi connectivity index (χ3n) is 9.62. The Morgan fingerprint density at radius 2 is 0.544 bits per heavy atom. The van der Waals surface area contributed by atoms with Crippen LogP contribution in [0.25, 0.3) is 0 Å². The highest BCUT2D eigenvalue weighted by atomic mass is 79.9. The highest BCUT2D eigenvalue weighted by Gasteiger charge is 2.25. The fourth-order valence-corrected chi connectivity index (χ4v) is 7.89. The van der Waals surface area contributed by atoms with Crippen LogP contribution in [-0.2, 0) is 0 Å². The standard InChI is InChI=1S/C42H43Br3N8O4/c1-46(28-15-11-9-12-16-28)39(54)48(3)30-19-22-37(33(43)25-30)52(7)41(56)50(5)32-21-24-38(35(45)27-32)53(8)42(57)49(4)31-20-23-36(34(44)26-31)51(6)40(55)47(2)29-17-13-10-14-18-29/h9-27H,1-8H3. The number of urea groups is 4. The first-order chi connectivity index (χ1) is 27.0. The van der Waals surface area contributed by atoms with Crippen LogP contribution < -0.4 is 39.2 Å². The molecular weight excluding hydrogens is 920 g/mol. The van der Waals surface area contributed by atoms with Crippen molar-refractivity contribution in [2.45, 2.75) is 0 Å². The fraction of sp³-hybridized carbons (Fsp3) is 0.190. The van der Waals surface area contributed by atoms with Gasteiger partial charge in [-0.1, -0.05) is 36.4 Å². The number of carbonyl (C=O) groups excluding carboxylic acids is 4. The minimum Gasteiger partial charge on any atom is -0.297 e. The predicted molar refractivity (Wildman–Crippen MR) is 244 cm³/mol. The van der Waals surface area contributed by atoms with Crippen molar-refractivity contribution >= 4 is 117 Å². The van der Waals surface area contributed by atoms with Crippen LogP contribution in [0.15, 0.2) is 129 Å². The quantitative estimate of drug-likeness (QED) is 0.155. The van der Waals surface area contributed by atoms with Crippen molar-refractivity contribution in [3.63, 3.8) is 0 Å². The van der Waals surface area contributed by atoms with E-state index in [4.69, 9.17) is 0 Å². The number of carbonyl (C=O) groups is 4. The van der Waals surface area contributed by atoms with E-state index >= 15 is 0 Å². The minimum absolute atomic E-state index is 0.217. The Balaban J connectivity index is 1.24. The lowest BCUT2D eigenvalue weighted by Crippen LogP contribution is -2.40. The predicted octanol–water partition coefficient (Wildman–Crippen LogP) is 10.7. The summed E-state index contributed by atoms with van der Waals surface area (Å²) in [4.78, 5) is 66.1. The molecule has 0 aliphatic carbocycles. The van der Waals surface area contributed by atoms with Crippen LogP contribution >= 0.6 is 47.8 Å². The Hall–Kier alpha value is -5.38. The average molecular weight is 964 g/mol. The van der Waals surface area contributed by atoms with E-state index in [-0.39, 0.29) is 24.1 Å².